The van der Waals surface area contributed by atoms with Crippen molar-refractivity contribution >= 4 is 5.78 Å². The van der Waals surface area contributed by atoms with Crippen molar-refractivity contribution in [1.82, 2.24) is 0 Å². The molecule has 1 aliphatic rings. The van der Waals surface area contributed by atoms with Gasteiger partial charge in [-0.3, -0.25) is 4.79 Å². The van der Waals surface area contributed by atoms with E-state index in [2.05, 4.69) is 0 Å². The van der Waals surface area contributed by atoms with Crippen molar-refractivity contribution in [3.8, 4) is 0 Å². The number of Topliss-reactive ketones (excluding diaryl/α,β-unsaturated/α-hetero) is 1. The maximum atomic E-state index is 12.2. The van der Waals surface area contributed by atoms with Gasteiger partial charge in [0, 0.05) is 12.3 Å². The fraction of sp³-hybridized carbons (Fsp3) is 0.923. The van der Waals surface area contributed by atoms with Crippen LogP contribution < -0.4 is 5.73 Å². The minimum atomic E-state index is -0.338. The average Bonchev–Trinajstić information content (AvgIpc) is 2.34. The van der Waals surface area contributed by atoms with Gasteiger partial charge in [-0.1, -0.05) is 6.92 Å². The van der Waals surface area contributed by atoms with E-state index >= 15 is 0 Å². The molecule has 16 heavy (non-hydrogen) atoms. The molecule has 94 valence electrons. The summed E-state index contributed by atoms with van der Waals surface area (Å²) in [4.78, 5) is 12.2. The van der Waals surface area contributed by atoms with Crippen LogP contribution in [-0.4, -0.2) is 23.5 Å². The molecule has 0 radical (unpaired) electrons. The molecule has 1 fully saturated rings. The predicted octanol–water partition coefficient (Wildman–Crippen LogP) is 2.13. The largest absolute Gasteiger partial charge is 0.369 e. The summed E-state index contributed by atoms with van der Waals surface area (Å²) in [6.07, 6.45) is 1.39. The van der Waals surface area contributed by atoms with E-state index in [1.54, 1.807) is 0 Å². The fourth-order valence-corrected chi connectivity index (χ4v) is 2.63. The molecule has 0 spiro atoms. The first kappa shape index (κ1) is 13.7. The first-order chi connectivity index (χ1) is 7.18. The normalized spacial score (nSPS) is 29.0. The van der Waals surface area contributed by atoms with Crippen molar-refractivity contribution in [1.29, 1.82) is 0 Å². The fourth-order valence-electron chi connectivity index (χ4n) is 2.63. The molecule has 1 rings (SSSR count). The summed E-state index contributed by atoms with van der Waals surface area (Å²) < 4.78 is 5.93. The van der Waals surface area contributed by atoms with Crippen LogP contribution in [0.3, 0.4) is 0 Å². The van der Waals surface area contributed by atoms with Gasteiger partial charge in [-0.25, -0.2) is 0 Å². The summed E-state index contributed by atoms with van der Waals surface area (Å²) in [5.41, 5.74) is 5.03. The molecular weight excluding hydrogens is 202 g/mol. The Morgan fingerprint density at radius 2 is 2.00 bits per heavy atom. The van der Waals surface area contributed by atoms with Gasteiger partial charge in [0.1, 0.15) is 5.78 Å². The summed E-state index contributed by atoms with van der Waals surface area (Å²) in [6, 6.07) is 0. The van der Waals surface area contributed by atoms with Crippen LogP contribution in [0.4, 0.5) is 0 Å². The van der Waals surface area contributed by atoms with E-state index in [-0.39, 0.29) is 23.0 Å². The molecule has 0 saturated carbocycles. The zero-order valence-corrected chi connectivity index (χ0v) is 11.2. The van der Waals surface area contributed by atoms with Crippen LogP contribution in [0.1, 0.15) is 47.5 Å². The van der Waals surface area contributed by atoms with Crippen LogP contribution in [0.2, 0.25) is 0 Å². The smallest absolute Gasteiger partial charge is 0.139 e. The second kappa shape index (κ2) is 4.46. The molecule has 0 aromatic rings. The van der Waals surface area contributed by atoms with Gasteiger partial charge in [-0.2, -0.15) is 0 Å². The van der Waals surface area contributed by atoms with Gasteiger partial charge >= 0.3 is 0 Å². The zero-order valence-electron chi connectivity index (χ0n) is 11.2. The number of hydrogen-bond donors (Lipinski definition) is 1. The summed E-state index contributed by atoms with van der Waals surface area (Å²) in [7, 11) is 0. The predicted molar refractivity (Wildman–Crippen MR) is 65.2 cm³/mol. The second-order valence-electron chi connectivity index (χ2n) is 6.23. The Bertz CT molecular complexity index is 271. The van der Waals surface area contributed by atoms with E-state index in [1.165, 1.54) is 0 Å². The molecule has 0 amide bonds. The lowest BCUT2D eigenvalue weighted by Crippen LogP contribution is -2.34. The van der Waals surface area contributed by atoms with Crippen LogP contribution in [0.25, 0.3) is 0 Å². The summed E-state index contributed by atoms with van der Waals surface area (Å²) in [6.45, 7) is 10.7. The number of carbonyl (C=O) groups excluding carboxylic acids is 1. The monoisotopic (exact) mass is 227 g/mol. The van der Waals surface area contributed by atoms with Gasteiger partial charge < -0.3 is 10.5 Å². The first-order valence-corrected chi connectivity index (χ1v) is 6.11. The standard InChI is InChI=1S/C13H25NO2/c1-9(8-14)6-11(15)10-7-12(2,3)16-13(10,4)5/h9-10H,6-8,14H2,1-5H3. The number of carbonyl (C=O) groups is 1. The molecule has 2 N–H and O–H groups in total. The van der Waals surface area contributed by atoms with E-state index in [1.807, 2.05) is 34.6 Å². The van der Waals surface area contributed by atoms with Crippen molar-refractivity contribution in [3.63, 3.8) is 0 Å². The molecule has 1 heterocycles. The Morgan fingerprint density at radius 3 is 2.38 bits per heavy atom. The van der Waals surface area contributed by atoms with Gasteiger partial charge in [-0.15, -0.1) is 0 Å². The third-order valence-corrected chi connectivity index (χ3v) is 3.41. The lowest BCUT2D eigenvalue weighted by molar-refractivity contribution is -0.130. The molecule has 0 aromatic carbocycles. The van der Waals surface area contributed by atoms with E-state index in [9.17, 15) is 4.79 Å². The molecule has 1 saturated heterocycles. The van der Waals surface area contributed by atoms with Crippen molar-refractivity contribution in [2.75, 3.05) is 6.54 Å². The van der Waals surface area contributed by atoms with Crippen LogP contribution >= 0.6 is 0 Å². The second-order valence-corrected chi connectivity index (χ2v) is 6.23. The van der Waals surface area contributed by atoms with Gasteiger partial charge in [0.05, 0.1) is 11.2 Å². The Kier molecular flexibility index (Phi) is 3.80. The highest BCUT2D eigenvalue weighted by Gasteiger charge is 2.48. The van der Waals surface area contributed by atoms with Crippen molar-refractivity contribution in [3.05, 3.63) is 0 Å². The average molecular weight is 227 g/mol. The SMILES string of the molecule is CC(CN)CC(=O)C1CC(C)(C)OC1(C)C. The third kappa shape index (κ3) is 3.05. The van der Waals surface area contributed by atoms with Crippen LogP contribution in [-0.2, 0) is 9.53 Å². The molecule has 3 nitrogen and oxygen atoms in total. The minimum absolute atomic E-state index is 0.0106. The Labute approximate surface area is 98.7 Å². The Morgan fingerprint density at radius 1 is 1.44 bits per heavy atom. The lowest BCUT2D eigenvalue weighted by Gasteiger charge is -2.27. The number of nitrogens with two attached hydrogens (primary N) is 1. The third-order valence-electron chi connectivity index (χ3n) is 3.41. The van der Waals surface area contributed by atoms with E-state index in [0.29, 0.717) is 18.7 Å². The highest BCUT2D eigenvalue weighted by Crippen LogP contribution is 2.43. The first-order valence-electron chi connectivity index (χ1n) is 6.11. The van der Waals surface area contributed by atoms with Crippen molar-refractivity contribution in [2.24, 2.45) is 17.6 Å². The number of rotatable bonds is 4. The van der Waals surface area contributed by atoms with Crippen LogP contribution in [0.5, 0.6) is 0 Å². The van der Waals surface area contributed by atoms with Crippen molar-refractivity contribution in [2.45, 2.75) is 58.7 Å². The highest BCUT2D eigenvalue weighted by atomic mass is 16.5. The minimum Gasteiger partial charge on any atom is -0.369 e. The topological polar surface area (TPSA) is 52.3 Å². The molecule has 2 atom stereocenters. The zero-order chi connectivity index (χ0) is 12.6. The summed E-state index contributed by atoms with van der Waals surface area (Å²) >= 11 is 0. The van der Waals surface area contributed by atoms with Crippen LogP contribution in [0, 0.1) is 11.8 Å². The molecule has 0 bridgehead atoms. The maximum absolute atomic E-state index is 12.2. The molecule has 3 heteroatoms. The van der Waals surface area contributed by atoms with Gasteiger partial charge in [-0.05, 0) is 46.6 Å². The van der Waals surface area contributed by atoms with E-state index in [0.717, 1.165) is 6.42 Å². The molecule has 0 aromatic heterocycles. The molecule has 0 aliphatic carbocycles. The number of ether oxygens (including phenoxy) is 1. The van der Waals surface area contributed by atoms with E-state index < -0.39 is 0 Å². The van der Waals surface area contributed by atoms with Crippen molar-refractivity contribution < 1.29 is 9.53 Å². The van der Waals surface area contributed by atoms with Gasteiger partial charge in [0.25, 0.3) is 0 Å². The maximum Gasteiger partial charge on any atom is 0.139 e. The highest BCUT2D eigenvalue weighted by molar-refractivity contribution is 5.82. The molecule has 2 unspecified atom stereocenters. The molecular formula is C13H25NO2. The lowest BCUT2D eigenvalue weighted by atomic mass is 9.81. The molecule has 1 aliphatic heterocycles. The summed E-state index contributed by atoms with van der Waals surface area (Å²) in [5.74, 6) is 0.581. The number of hydrogen-bond acceptors (Lipinski definition) is 3. The summed E-state index contributed by atoms with van der Waals surface area (Å²) in [5, 5.41) is 0. The van der Waals surface area contributed by atoms with Gasteiger partial charge in [0.2, 0.25) is 0 Å². The number of ketones is 1. The quantitative estimate of drug-likeness (QED) is 0.800. The van der Waals surface area contributed by atoms with Gasteiger partial charge in [0.15, 0.2) is 0 Å². The van der Waals surface area contributed by atoms with E-state index in [4.69, 9.17) is 10.5 Å². The Balaban J connectivity index is 2.70. The Hall–Kier alpha value is -0.410. The van der Waals surface area contributed by atoms with Crippen LogP contribution in [0.15, 0.2) is 0 Å².